The van der Waals surface area contributed by atoms with Crippen LogP contribution >= 0.6 is 0 Å². The second-order valence-electron chi connectivity index (χ2n) is 22.0. The zero-order chi connectivity index (χ0) is 43.7. The molecule has 3 unspecified atom stereocenters. The predicted octanol–water partition coefficient (Wildman–Crippen LogP) is 13.8. The first-order chi connectivity index (χ1) is 31.5. The summed E-state index contributed by atoms with van der Waals surface area (Å²) < 4.78 is 2.65. The predicted molar refractivity (Wildman–Crippen MR) is 263 cm³/mol. The van der Waals surface area contributed by atoms with Gasteiger partial charge in [-0.2, -0.15) is 0 Å². The standard InChI is InChI=1S/C62H49N3/c1-32(2)61(33(3)4)37-20-10-9-19-34(37)35-29-36-48-46(30-63-55-52(48)57(5)38-21-11-13-23-40(38)58(55,6)41-24-14-12-22-39(41)57)65-47-31-64-56-53(49(47)50(51(35)61)54(36)65)59(7)42-25-15-17-27-44(42)62(59)45-28-18-16-26-43(45)60(56,62)8/h9-33H,1-8H3. The average Bonchev–Trinajstić information content (AvgIpc) is 3.98. The van der Waals surface area contributed by atoms with Crippen molar-refractivity contribution in [1.29, 1.82) is 0 Å². The van der Waals surface area contributed by atoms with Crippen LogP contribution in [-0.4, -0.2) is 14.4 Å². The average molecular weight is 836 g/mol. The maximum Gasteiger partial charge on any atom is 0.0729 e. The molecule has 10 aromatic rings. The molecule has 0 saturated heterocycles. The third kappa shape index (κ3) is 3.05. The highest BCUT2D eigenvalue weighted by Gasteiger charge is 2.81. The van der Waals surface area contributed by atoms with Gasteiger partial charge in [0.2, 0.25) is 0 Å². The van der Waals surface area contributed by atoms with E-state index in [4.69, 9.17) is 9.97 Å². The molecule has 0 radical (unpaired) electrons. The Kier molecular flexibility index (Phi) is 5.73. The van der Waals surface area contributed by atoms with Gasteiger partial charge in [0.15, 0.2) is 0 Å². The van der Waals surface area contributed by atoms with Crippen LogP contribution in [-0.2, 0) is 32.5 Å². The molecular formula is C62H49N3. The Labute approximate surface area is 379 Å². The van der Waals surface area contributed by atoms with Crippen LogP contribution < -0.4 is 0 Å². The fraction of sp³-hybridized carbons (Fsp3) is 0.258. The molecule has 65 heavy (non-hydrogen) atoms. The Morgan fingerprint density at radius 1 is 0.431 bits per heavy atom. The maximum atomic E-state index is 5.81. The van der Waals surface area contributed by atoms with Gasteiger partial charge in [-0.05, 0) is 117 Å². The van der Waals surface area contributed by atoms with E-state index in [9.17, 15) is 0 Å². The Bertz CT molecular complexity index is 3880. The highest BCUT2D eigenvalue weighted by molar-refractivity contribution is 6.29. The molecule has 1 spiro atoms. The van der Waals surface area contributed by atoms with E-state index in [1.54, 1.807) is 0 Å². The molecule has 3 atom stereocenters. The Morgan fingerprint density at radius 3 is 1.49 bits per heavy atom. The molecule has 7 aliphatic carbocycles. The van der Waals surface area contributed by atoms with Gasteiger partial charge in [-0.3, -0.25) is 9.97 Å². The normalized spacial score (nSPS) is 27.2. The van der Waals surface area contributed by atoms with Crippen molar-refractivity contribution >= 4 is 38.1 Å². The zero-order valence-electron chi connectivity index (χ0n) is 38.3. The molecule has 17 rings (SSSR count). The van der Waals surface area contributed by atoms with Crippen molar-refractivity contribution < 1.29 is 0 Å². The van der Waals surface area contributed by atoms with Crippen LogP contribution in [0.5, 0.6) is 0 Å². The van der Waals surface area contributed by atoms with Crippen LogP contribution in [0.2, 0.25) is 0 Å². The fourth-order valence-corrected chi connectivity index (χ4v) is 17.7. The van der Waals surface area contributed by atoms with Gasteiger partial charge in [0.25, 0.3) is 0 Å². The number of benzene rings is 6. The van der Waals surface area contributed by atoms with Gasteiger partial charge < -0.3 is 4.40 Å². The molecule has 4 heterocycles. The molecule has 3 nitrogen and oxygen atoms in total. The Hall–Kier alpha value is -6.58. The van der Waals surface area contributed by atoms with E-state index in [1.807, 2.05) is 0 Å². The number of nitrogens with zero attached hydrogens (tertiary/aromatic N) is 3. The number of pyridine rings is 2. The van der Waals surface area contributed by atoms with Crippen LogP contribution in [0.25, 0.3) is 49.2 Å². The molecule has 0 aliphatic heterocycles. The van der Waals surface area contributed by atoms with E-state index in [0.717, 1.165) is 0 Å². The van der Waals surface area contributed by atoms with Gasteiger partial charge in [0.1, 0.15) is 0 Å². The first-order valence-electron chi connectivity index (χ1n) is 24.1. The van der Waals surface area contributed by atoms with Crippen molar-refractivity contribution in [3.63, 3.8) is 0 Å². The van der Waals surface area contributed by atoms with Crippen molar-refractivity contribution in [3.05, 3.63) is 218 Å². The third-order valence-electron chi connectivity index (χ3n) is 19.7. The van der Waals surface area contributed by atoms with Crippen molar-refractivity contribution in [2.75, 3.05) is 0 Å². The van der Waals surface area contributed by atoms with E-state index >= 15 is 0 Å². The van der Waals surface area contributed by atoms with E-state index in [-0.39, 0.29) is 21.7 Å². The second kappa shape index (κ2) is 10.4. The molecule has 7 aliphatic rings. The maximum absolute atomic E-state index is 5.81. The highest BCUT2D eigenvalue weighted by atomic mass is 15.0. The summed E-state index contributed by atoms with van der Waals surface area (Å²) in [6, 6.07) is 49.2. The van der Waals surface area contributed by atoms with Crippen LogP contribution in [0, 0.1) is 11.8 Å². The topological polar surface area (TPSA) is 30.2 Å². The Balaban J connectivity index is 1.16. The summed E-state index contributed by atoms with van der Waals surface area (Å²) in [5, 5.41) is 5.52. The van der Waals surface area contributed by atoms with E-state index in [1.165, 1.54) is 127 Å². The first kappa shape index (κ1) is 35.7. The van der Waals surface area contributed by atoms with Gasteiger partial charge in [0.05, 0.1) is 51.2 Å². The third-order valence-corrected chi connectivity index (χ3v) is 19.7. The van der Waals surface area contributed by atoms with Crippen molar-refractivity contribution in [2.45, 2.75) is 87.9 Å². The van der Waals surface area contributed by atoms with Gasteiger partial charge in [-0.25, -0.2) is 0 Å². The molecule has 0 N–H and O–H groups in total. The Morgan fingerprint density at radius 2 is 0.908 bits per heavy atom. The molecule has 0 saturated carbocycles. The monoisotopic (exact) mass is 835 g/mol. The number of rotatable bonds is 2. The number of hydrogen-bond donors (Lipinski definition) is 0. The van der Waals surface area contributed by atoms with Crippen LogP contribution in [0.3, 0.4) is 0 Å². The summed E-state index contributed by atoms with van der Waals surface area (Å²) in [5.74, 6) is 0.688. The van der Waals surface area contributed by atoms with Crippen LogP contribution in [0.1, 0.15) is 134 Å². The largest absolute Gasteiger partial charge is 0.305 e. The van der Waals surface area contributed by atoms with Gasteiger partial charge in [-0.15, -0.1) is 0 Å². The molecule has 6 aromatic carbocycles. The summed E-state index contributed by atoms with van der Waals surface area (Å²) in [5.41, 5.74) is 24.4. The molecule has 0 amide bonds. The lowest BCUT2D eigenvalue weighted by Gasteiger charge is -2.68. The molecular weight excluding hydrogens is 787 g/mol. The summed E-state index contributed by atoms with van der Waals surface area (Å²) in [6.45, 7) is 20.0. The molecule has 0 fully saturated rings. The van der Waals surface area contributed by atoms with Gasteiger partial charge >= 0.3 is 0 Å². The minimum Gasteiger partial charge on any atom is -0.305 e. The minimum absolute atomic E-state index is 0.200. The lowest BCUT2D eigenvalue weighted by atomic mass is 9.32. The van der Waals surface area contributed by atoms with Crippen molar-refractivity contribution in [2.24, 2.45) is 11.8 Å². The highest BCUT2D eigenvalue weighted by Crippen LogP contribution is 2.82. The quantitative estimate of drug-likeness (QED) is 0.174. The summed E-state index contributed by atoms with van der Waals surface area (Å²) in [4.78, 5) is 11.5. The van der Waals surface area contributed by atoms with E-state index < -0.39 is 10.8 Å². The first-order valence-corrected chi connectivity index (χ1v) is 24.1. The van der Waals surface area contributed by atoms with E-state index in [2.05, 4.69) is 200 Å². The smallest absolute Gasteiger partial charge is 0.0729 e. The van der Waals surface area contributed by atoms with E-state index in [0.29, 0.717) is 11.8 Å². The minimum atomic E-state index is -0.407. The number of fused-ring (bicyclic) bond motifs is 18. The lowest BCUT2D eigenvalue weighted by Crippen LogP contribution is -2.69. The molecule has 312 valence electrons. The second-order valence-corrected chi connectivity index (χ2v) is 22.0. The summed E-state index contributed by atoms with van der Waals surface area (Å²) in [6.07, 6.45) is 4.53. The van der Waals surface area contributed by atoms with Crippen molar-refractivity contribution in [3.8, 4) is 11.1 Å². The number of aromatic nitrogens is 3. The number of hydrogen-bond acceptors (Lipinski definition) is 2. The molecule has 2 bridgehead atoms. The van der Waals surface area contributed by atoms with Crippen LogP contribution in [0.4, 0.5) is 0 Å². The lowest BCUT2D eigenvalue weighted by molar-refractivity contribution is 0.167. The fourth-order valence-electron chi connectivity index (χ4n) is 17.7. The van der Waals surface area contributed by atoms with Crippen LogP contribution in [0.15, 0.2) is 140 Å². The summed E-state index contributed by atoms with van der Waals surface area (Å²) in [7, 11) is 0. The van der Waals surface area contributed by atoms with Crippen molar-refractivity contribution in [1.82, 2.24) is 14.4 Å². The SMILES string of the molecule is CC(C)C1(C(C)C)c2ccccc2-c2cc3c4c5c(ncc4n4c6cnc7c(c6c(c21)c34)C1(C)c2ccccc2C12c1ccccc1C72C)C1(C)c2ccccc2C5(C)c2ccccc21. The van der Waals surface area contributed by atoms with Gasteiger partial charge in [0, 0.05) is 43.2 Å². The molecule has 3 heteroatoms. The van der Waals surface area contributed by atoms with Gasteiger partial charge in [-0.1, -0.05) is 156 Å². The molecule has 4 aromatic heterocycles. The summed E-state index contributed by atoms with van der Waals surface area (Å²) >= 11 is 0. The zero-order valence-corrected chi connectivity index (χ0v) is 38.3.